The predicted molar refractivity (Wildman–Crippen MR) is 49.1 cm³/mol. The summed E-state index contributed by atoms with van der Waals surface area (Å²) in [6.07, 6.45) is -3.92. The van der Waals surface area contributed by atoms with E-state index >= 15 is 0 Å². The minimum atomic E-state index is -5.08. The van der Waals surface area contributed by atoms with E-state index in [4.69, 9.17) is 9.90 Å². The van der Waals surface area contributed by atoms with Crippen molar-refractivity contribution in [1.29, 1.82) is 0 Å². The van der Waals surface area contributed by atoms with E-state index in [0.717, 1.165) is 6.54 Å². The highest BCUT2D eigenvalue weighted by atomic mass is 19.4. The van der Waals surface area contributed by atoms with Gasteiger partial charge in [0.2, 0.25) is 0 Å². The summed E-state index contributed by atoms with van der Waals surface area (Å²) in [7, 11) is 1.46. The normalized spacial score (nSPS) is 29.8. The van der Waals surface area contributed by atoms with E-state index in [1.54, 1.807) is 0 Å². The van der Waals surface area contributed by atoms with Crippen molar-refractivity contribution in [3.05, 3.63) is 0 Å². The molecule has 3 aliphatic rings. The van der Waals surface area contributed by atoms with Crippen LogP contribution < -0.4 is 5.32 Å². The number of carbonyl (C=O) groups excluding carboxylic acids is 1. The van der Waals surface area contributed by atoms with Crippen LogP contribution in [0.1, 0.15) is 6.42 Å². The average Bonchev–Trinajstić information content (AvgIpc) is 2.78. The molecule has 5 nitrogen and oxygen atoms in total. The Morgan fingerprint density at radius 1 is 1.41 bits per heavy atom. The molecule has 0 radical (unpaired) electrons. The van der Waals surface area contributed by atoms with Gasteiger partial charge in [-0.05, 0) is 18.9 Å². The highest BCUT2D eigenvalue weighted by Crippen LogP contribution is 2.40. The van der Waals surface area contributed by atoms with Gasteiger partial charge in [-0.15, -0.1) is 0 Å². The molecule has 0 amide bonds. The first-order valence-corrected chi connectivity index (χ1v) is 4.88. The van der Waals surface area contributed by atoms with Gasteiger partial charge in [0.05, 0.1) is 13.0 Å². The summed E-state index contributed by atoms with van der Waals surface area (Å²) in [5, 5.41) is 10.4. The molecule has 2 aliphatic heterocycles. The molecule has 1 saturated carbocycles. The van der Waals surface area contributed by atoms with Crippen molar-refractivity contribution in [1.82, 2.24) is 5.32 Å². The topological polar surface area (TPSA) is 75.6 Å². The minimum absolute atomic E-state index is 0.0359. The number of ether oxygens (including phenoxy) is 1. The van der Waals surface area contributed by atoms with Gasteiger partial charge >= 0.3 is 18.1 Å². The van der Waals surface area contributed by atoms with Crippen LogP contribution in [-0.2, 0) is 14.3 Å². The Balaban J connectivity index is 0.000000185. The third kappa shape index (κ3) is 3.09. The smallest absolute Gasteiger partial charge is 0.475 e. The summed E-state index contributed by atoms with van der Waals surface area (Å²) in [6, 6.07) is 0.428. The van der Waals surface area contributed by atoms with Crippen molar-refractivity contribution in [3.63, 3.8) is 0 Å². The first-order valence-electron chi connectivity index (χ1n) is 4.88. The molecule has 2 heterocycles. The maximum absolute atomic E-state index is 11.0. The lowest BCUT2D eigenvalue weighted by Gasteiger charge is -2.31. The maximum atomic E-state index is 11.0. The number of esters is 1. The van der Waals surface area contributed by atoms with Gasteiger partial charge in [0.15, 0.2) is 0 Å². The van der Waals surface area contributed by atoms with Crippen LogP contribution >= 0.6 is 0 Å². The lowest BCUT2D eigenvalue weighted by Crippen LogP contribution is -2.42. The number of aliphatic carboxylic acids is 1. The fourth-order valence-corrected chi connectivity index (χ4v) is 1.97. The fourth-order valence-electron chi connectivity index (χ4n) is 1.97. The molecule has 0 spiro atoms. The molecule has 0 unspecified atom stereocenters. The number of carbonyl (C=O) groups is 2. The van der Waals surface area contributed by atoms with Crippen molar-refractivity contribution in [2.75, 3.05) is 13.7 Å². The average molecular weight is 255 g/mol. The van der Waals surface area contributed by atoms with E-state index in [1.807, 2.05) is 0 Å². The molecule has 98 valence electrons. The molecular formula is C9H12F3NO4. The third-order valence-corrected chi connectivity index (χ3v) is 2.86. The number of carboxylic acid groups (broad SMARTS) is 1. The lowest BCUT2D eigenvalue weighted by atomic mass is 9.74. The van der Waals surface area contributed by atoms with Gasteiger partial charge in [0.1, 0.15) is 0 Å². The number of nitrogens with one attached hydrogen (secondary N) is 1. The molecule has 0 aromatic carbocycles. The molecule has 0 aromatic heterocycles. The van der Waals surface area contributed by atoms with Crippen LogP contribution in [0.15, 0.2) is 0 Å². The van der Waals surface area contributed by atoms with Crippen LogP contribution in [0, 0.1) is 11.8 Å². The molecule has 3 rings (SSSR count). The Bertz CT molecular complexity index is 304. The number of hydrogen-bond donors (Lipinski definition) is 2. The first kappa shape index (κ1) is 13.8. The number of hydrogen-bond acceptors (Lipinski definition) is 4. The lowest BCUT2D eigenvalue weighted by molar-refractivity contribution is -0.192. The molecule has 2 N–H and O–H groups in total. The summed E-state index contributed by atoms with van der Waals surface area (Å²) in [5.74, 6) is -2.05. The predicted octanol–water partition coefficient (Wildman–Crippen LogP) is 0.401. The molecule has 17 heavy (non-hydrogen) atoms. The Hall–Kier alpha value is -1.31. The van der Waals surface area contributed by atoms with Gasteiger partial charge in [-0.2, -0.15) is 13.2 Å². The van der Waals surface area contributed by atoms with Gasteiger partial charge < -0.3 is 15.2 Å². The molecule has 3 atom stereocenters. The molecule has 1 aliphatic carbocycles. The second-order valence-corrected chi connectivity index (χ2v) is 3.86. The zero-order valence-electron chi connectivity index (χ0n) is 8.95. The highest BCUT2D eigenvalue weighted by molar-refractivity contribution is 5.75. The zero-order chi connectivity index (χ0) is 13.2. The summed E-state index contributed by atoms with van der Waals surface area (Å²) < 4.78 is 36.4. The Morgan fingerprint density at radius 2 is 1.94 bits per heavy atom. The fraction of sp³-hybridized carbons (Fsp3) is 0.778. The minimum Gasteiger partial charge on any atom is -0.475 e. The van der Waals surface area contributed by atoms with Gasteiger partial charge in [-0.3, -0.25) is 4.79 Å². The monoisotopic (exact) mass is 255 g/mol. The van der Waals surface area contributed by atoms with Crippen LogP contribution in [0.4, 0.5) is 13.2 Å². The summed E-state index contributed by atoms with van der Waals surface area (Å²) in [5.41, 5.74) is 0. The number of rotatable bonds is 1. The summed E-state index contributed by atoms with van der Waals surface area (Å²) >= 11 is 0. The van der Waals surface area contributed by atoms with E-state index in [2.05, 4.69) is 10.1 Å². The van der Waals surface area contributed by atoms with Crippen LogP contribution in [0.25, 0.3) is 0 Å². The quantitative estimate of drug-likeness (QED) is 0.663. The molecular weight excluding hydrogens is 243 g/mol. The van der Waals surface area contributed by atoms with E-state index in [9.17, 15) is 18.0 Å². The Kier molecular flexibility index (Phi) is 3.97. The number of halogens is 3. The second kappa shape index (κ2) is 4.91. The van der Waals surface area contributed by atoms with Crippen molar-refractivity contribution in [2.24, 2.45) is 11.8 Å². The number of fused-ring (bicyclic) bond motifs is 1. The van der Waals surface area contributed by atoms with Crippen LogP contribution in [0.5, 0.6) is 0 Å². The van der Waals surface area contributed by atoms with Crippen LogP contribution in [-0.4, -0.2) is 42.9 Å². The largest absolute Gasteiger partial charge is 0.490 e. The van der Waals surface area contributed by atoms with Gasteiger partial charge in [-0.1, -0.05) is 0 Å². The second-order valence-electron chi connectivity index (χ2n) is 3.86. The summed E-state index contributed by atoms with van der Waals surface area (Å²) in [6.45, 7) is 1.00. The van der Waals surface area contributed by atoms with E-state index < -0.39 is 12.1 Å². The van der Waals surface area contributed by atoms with Gasteiger partial charge in [-0.25, -0.2) is 4.79 Å². The standard InChI is InChI=1S/C7H11NO2.C2HF3O2/c1-10-7(9)6-4-2-5(6)8-3-4;3-2(4,5)1(6)7/h4-6,8H,2-3H2,1H3;(H,6,7)/t4-,5-,6-;/m1./s1. The van der Waals surface area contributed by atoms with Crippen molar-refractivity contribution >= 4 is 11.9 Å². The van der Waals surface area contributed by atoms with Gasteiger partial charge in [0, 0.05) is 6.04 Å². The SMILES string of the molecule is COC(=O)[C@@H]1[C@H]2CN[C@@H]1C2.O=C(O)C(F)(F)F. The van der Waals surface area contributed by atoms with Crippen molar-refractivity contribution in [2.45, 2.75) is 18.6 Å². The third-order valence-electron chi connectivity index (χ3n) is 2.86. The van der Waals surface area contributed by atoms with E-state index in [1.165, 1.54) is 13.5 Å². The van der Waals surface area contributed by atoms with Crippen molar-refractivity contribution in [3.8, 4) is 0 Å². The number of alkyl halides is 3. The van der Waals surface area contributed by atoms with Crippen LogP contribution in [0.3, 0.4) is 0 Å². The molecule has 2 saturated heterocycles. The zero-order valence-corrected chi connectivity index (χ0v) is 8.95. The Morgan fingerprint density at radius 3 is 2.18 bits per heavy atom. The number of methoxy groups -OCH3 is 1. The van der Waals surface area contributed by atoms with E-state index in [0.29, 0.717) is 12.0 Å². The highest BCUT2D eigenvalue weighted by Gasteiger charge is 2.51. The molecule has 0 aromatic rings. The maximum Gasteiger partial charge on any atom is 0.490 e. The Labute approximate surface area is 94.9 Å². The summed E-state index contributed by atoms with van der Waals surface area (Å²) in [4.78, 5) is 19.9. The van der Waals surface area contributed by atoms with Crippen LogP contribution in [0.2, 0.25) is 0 Å². The first-order chi connectivity index (χ1) is 7.77. The molecule has 3 fully saturated rings. The number of carboxylic acids is 1. The molecule has 8 heteroatoms. The molecule has 2 bridgehead atoms. The van der Waals surface area contributed by atoms with Gasteiger partial charge in [0.25, 0.3) is 0 Å². The van der Waals surface area contributed by atoms with E-state index in [-0.39, 0.29) is 11.9 Å². The van der Waals surface area contributed by atoms with Crippen molar-refractivity contribution < 1.29 is 32.6 Å².